The predicted molar refractivity (Wildman–Crippen MR) is 116 cm³/mol. The minimum absolute atomic E-state index is 0.661. The zero-order chi connectivity index (χ0) is 19.3. The van der Waals surface area contributed by atoms with E-state index < -0.39 is 0 Å². The van der Waals surface area contributed by atoms with E-state index in [9.17, 15) is 5.26 Å². The summed E-state index contributed by atoms with van der Waals surface area (Å²) in [6, 6.07) is 35.0. The van der Waals surface area contributed by atoms with Gasteiger partial charge in [0.2, 0.25) is 0 Å². The van der Waals surface area contributed by atoms with E-state index in [1.807, 2.05) is 72.8 Å². The summed E-state index contributed by atoms with van der Waals surface area (Å²) >= 11 is 0. The number of hydrogen-bond donors (Lipinski definition) is 0. The van der Waals surface area contributed by atoms with Gasteiger partial charge in [0.25, 0.3) is 0 Å². The first-order valence-electron chi connectivity index (χ1n) is 9.28. The lowest BCUT2D eigenvalue weighted by molar-refractivity contribution is 1.02. The van der Waals surface area contributed by atoms with Crippen molar-refractivity contribution in [1.82, 2.24) is 4.57 Å². The molecule has 0 aliphatic rings. The second-order valence-electron chi connectivity index (χ2n) is 6.64. The molecule has 0 aliphatic heterocycles. The Morgan fingerprint density at radius 2 is 1.39 bits per heavy atom. The molecule has 28 heavy (non-hydrogen) atoms. The van der Waals surface area contributed by atoms with Crippen LogP contribution in [0.3, 0.4) is 0 Å². The zero-order valence-electron chi connectivity index (χ0n) is 15.7. The summed E-state index contributed by atoms with van der Waals surface area (Å²) in [5.74, 6) is 0. The molecule has 0 aliphatic carbocycles. The Bertz CT molecular complexity index is 1150. The monoisotopic (exact) mass is 360 g/mol. The number of benzene rings is 3. The molecule has 0 saturated heterocycles. The quantitative estimate of drug-likeness (QED) is 0.381. The Morgan fingerprint density at radius 3 is 2.00 bits per heavy atom. The molecule has 3 aromatic carbocycles. The molecule has 0 unspecified atom stereocenters. The van der Waals surface area contributed by atoms with Gasteiger partial charge in [0.05, 0.1) is 17.3 Å². The van der Waals surface area contributed by atoms with Crippen molar-refractivity contribution >= 4 is 11.6 Å². The molecule has 0 radical (unpaired) electrons. The van der Waals surface area contributed by atoms with Crippen molar-refractivity contribution in [3.05, 3.63) is 114 Å². The predicted octanol–water partition coefficient (Wildman–Crippen LogP) is 6.52. The number of hydrogen-bond acceptors (Lipinski definition) is 1. The first kappa shape index (κ1) is 17.6. The maximum atomic E-state index is 9.72. The van der Waals surface area contributed by atoms with Crippen molar-refractivity contribution in [3.63, 3.8) is 0 Å². The van der Waals surface area contributed by atoms with E-state index in [0.29, 0.717) is 5.57 Å². The van der Waals surface area contributed by atoms with Crippen molar-refractivity contribution in [2.75, 3.05) is 0 Å². The van der Waals surface area contributed by atoms with Crippen molar-refractivity contribution in [3.8, 4) is 23.0 Å². The number of nitriles is 1. The molecular weight excluding hydrogens is 340 g/mol. The van der Waals surface area contributed by atoms with E-state index in [4.69, 9.17) is 0 Å². The van der Waals surface area contributed by atoms with Crippen molar-refractivity contribution in [2.24, 2.45) is 0 Å². The Hall–Kier alpha value is -3.83. The van der Waals surface area contributed by atoms with Gasteiger partial charge in [-0.05, 0) is 47.9 Å². The van der Waals surface area contributed by atoms with Gasteiger partial charge in [-0.2, -0.15) is 5.26 Å². The molecule has 0 fully saturated rings. The zero-order valence-corrected chi connectivity index (χ0v) is 15.7. The maximum Gasteiger partial charge on any atom is 0.0998 e. The third-order valence-electron chi connectivity index (χ3n) is 4.88. The van der Waals surface area contributed by atoms with E-state index in [0.717, 1.165) is 33.8 Å². The Labute approximate surface area is 165 Å². The van der Waals surface area contributed by atoms with Gasteiger partial charge in [-0.3, -0.25) is 0 Å². The SMILES string of the molecule is Cc1c(/C=C(\C#N)c2ccccc2)cc(-c2ccccc2)n1-c1ccccc1. The van der Waals surface area contributed by atoms with Crippen LogP contribution in [0.5, 0.6) is 0 Å². The molecule has 2 heteroatoms. The second-order valence-corrected chi connectivity index (χ2v) is 6.64. The highest BCUT2D eigenvalue weighted by Gasteiger charge is 2.14. The fraction of sp³-hybridized carbons (Fsp3) is 0.0385. The third kappa shape index (κ3) is 3.39. The summed E-state index contributed by atoms with van der Waals surface area (Å²) in [5, 5.41) is 9.72. The van der Waals surface area contributed by atoms with Gasteiger partial charge >= 0.3 is 0 Å². The number of para-hydroxylation sites is 1. The van der Waals surface area contributed by atoms with Crippen LogP contribution in [-0.2, 0) is 0 Å². The van der Waals surface area contributed by atoms with Gasteiger partial charge in [0, 0.05) is 11.4 Å². The largest absolute Gasteiger partial charge is 0.313 e. The molecule has 0 atom stereocenters. The molecule has 0 bridgehead atoms. The Kier molecular flexibility index (Phi) is 4.91. The van der Waals surface area contributed by atoms with Crippen LogP contribution in [0.25, 0.3) is 28.6 Å². The molecule has 134 valence electrons. The Morgan fingerprint density at radius 1 is 0.821 bits per heavy atom. The molecule has 4 rings (SSSR count). The Balaban J connectivity index is 1.92. The normalized spacial score (nSPS) is 11.2. The smallest absolute Gasteiger partial charge is 0.0998 e. The van der Waals surface area contributed by atoms with Gasteiger partial charge in [0.1, 0.15) is 0 Å². The van der Waals surface area contributed by atoms with E-state index in [1.165, 1.54) is 0 Å². The van der Waals surface area contributed by atoms with Crippen molar-refractivity contribution in [1.29, 1.82) is 5.26 Å². The van der Waals surface area contributed by atoms with Crippen LogP contribution in [0, 0.1) is 18.3 Å². The van der Waals surface area contributed by atoms with Crippen LogP contribution in [0.2, 0.25) is 0 Å². The average molecular weight is 360 g/mol. The van der Waals surface area contributed by atoms with Crippen LogP contribution in [-0.4, -0.2) is 4.57 Å². The van der Waals surface area contributed by atoms with Gasteiger partial charge in [-0.25, -0.2) is 0 Å². The minimum atomic E-state index is 0.661. The lowest BCUT2D eigenvalue weighted by atomic mass is 10.0. The molecule has 2 nitrogen and oxygen atoms in total. The summed E-state index contributed by atoms with van der Waals surface area (Å²) in [5.41, 5.74) is 7.11. The molecule has 1 aromatic heterocycles. The average Bonchev–Trinajstić information content (AvgIpc) is 3.10. The molecule has 0 saturated carbocycles. The molecule has 4 aromatic rings. The molecule has 0 spiro atoms. The summed E-state index contributed by atoms with van der Waals surface area (Å²) in [4.78, 5) is 0. The lowest BCUT2D eigenvalue weighted by Crippen LogP contribution is -1.99. The first-order valence-corrected chi connectivity index (χ1v) is 9.28. The van der Waals surface area contributed by atoms with Crippen LogP contribution < -0.4 is 0 Å². The van der Waals surface area contributed by atoms with E-state index in [2.05, 4.69) is 47.9 Å². The number of rotatable bonds is 4. The minimum Gasteiger partial charge on any atom is -0.313 e. The summed E-state index contributed by atoms with van der Waals surface area (Å²) < 4.78 is 2.25. The number of allylic oxidation sites excluding steroid dienone is 1. The van der Waals surface area contributed by atoms with Crippen LogP contribution in [0.4, 0.5) is 0 Å². The highest BCUT2D eigenvalue weighted by molar-refractivity contribution is 5.91. The molecule has 1 heterocycles. The van der Waals surface area contributed by atoms with Crippen LogP contribution in [0.15, 0.2) is 97.1 Å². The van der Waals surface area contributed by atoms with E-state index in [-0.39, 0.29) is 0 Å². The fourth-order valence-corrected chi connectivity index (χ4v) is 3.46. The van der Waals surface area contributed by atoms with Gasteiger partial charge in [-0.1, -0.05) is 78.9 Å². The van der Waals surface area contributed by atoms with Crippen LogP contribution >= 0.6 is 0 Å². The maximum absolute atomic E-state index is 9.72. The van der Waals surface area contributed by atoms with Crippen LogP contribution in [0.1, 0.15) is 16.8 Å². The fourth-order valence-electron chi connectivity index (χ4n) is 3.46. The van der Waals surface area contributed by atoms with Gasteiger partial charge in [-0.15, -0.1) is 0 Å². The second kappa shape index (κ2) is 7.82. The highest BCUT2D eigenvalue weighted by Crippen LogP contribution is 2.31. The van der Waals surface area contributed by atoms with Gasteiger partial charge < -0.3 is 4.57 Å². The van der Waals surface area contributed by atoms with Crippen molar-refractivity contribution in [2.45, 2.75) is 6.92 Å². The third-order valence-corrected chi connectivity index (χ3v) is 4.88. The molecular formula is C26H20N2. The van der Waals surface area contributed by atoms with E-state index in [1.54, 1.807) is 0 Å². The number of nitrogens with zero attached hydrogens (tertiary/aromatic N) is 2. The number of aromatic nitrogens is 1. The topological polar surface area (TPSA) is 28.7 Å². The summed E-state index contributed by atoms with van der Waals surface area (Å²) in [6.07, 6.45) is 1.98. The van der Waals surface area contributed by atoms with Crippen molar-refractivity contribution < 1.29 is 0 Å². The standard InChI is InChI=1S/C26H20N2/c1-20-23(17-24(19-27)21-11-5-2-6-12-21)18-26(22-13-7-3-8-14-22)28(20)25-15-9-4-10-16-25/h2-18H,1H3/b24-17+. The summed E-state index contributed by atoms with van der Waals surface area (Å²) in [6.45, 7) is 2.10. The highest BCUT2D eigenvalue weighted by atomic mass is 15.0. The van der Waals surface area contributed by atoms with E-state index >= 15 is 0 Å². The first-order chi connectivity index (χ1) is 13.8. The lowest BCUT2D eigenvalue weighted by Gasteiger charge is -2.12. The molecule has 0 N–H and O–H groups in total. The summed E-state index contributed by atoms with van der Waals surface area (Å²) in [7, 11) is 0. The van der Waals surface area contributed by atoms with Gasteiger partial charge in [0.15, 0.2) is 0 Å². The molecule has 0 amide bonds.